The molecule has 0 bridgehead atoms. The average Bonchev–Trinajstić information content (AvgIpc) is 2.92. The van der Waals surface area contributed by atoms with Crippen LogP contribution >= 0.6 is 0 Å². The Morgan fingerprint density at radius 2 is 1.83 bits per heavy atom. The second-order valence-electron chi connectivity index (χ2n) is 11.2. The molecule has 0 amide bonds. The fourth-order valence-corrected chi connectivity index (χ4v) is 5.95. The van der Waals surface area contributed by atoms with Crippen molar-refractivity contribution in [2.24, 2.45) is 5.41 Å². The van der Waals surface area contributed by atoms with Crippen LogP contribution in [0.4, 0.5) is 23.2 Å². The average molecular weight is 576 g/mol. The summed E-state index contributed by atoms with van der Waals surface area (Å²) in [5.74, 6) is -3.03. The van der Waals surface area contributed by atoms with Crippen LogP contribution in [0, 0.1) is 22.9 Å². The van der Waals surface area contributed by atoms with E-state index in [1.807, 2.05) is 19.0 Å². The number of methoxy groups -OCH3 is 1. The van der Waals surface area contributed by atoms with Crippen LogP contribution in [0.15, 0.2) is 36.5 Å². The lowest BCUT2D eigenvalue weighted by Gasteiger charge is -2.41. The Morgan fingerprint density at radius 3 is 2.44 bits per heavy atom. The lowest BCUT2D eigenvalue weighted by molar-refractivity contribution is -0.141. The number of hydrogen-bond donors (Lipinski definition) is 1. The highest BCUT2D eigenvalue weighted by molar-refractivity contribution is 5.88. The third kappa shape index (κ3) is 7.28. The maximum Gasteiger partial charge on any atom is 0.303 e. The molecule has 2 aromatic carbocycles. The predicted octanol–water partition coefficient (Wildman–Crippen LogP) is 6.71. The zero-order valence-corrected chi connectivity index (χ0v) is 23.7. The van der Waals surface area contributed by atoms with Crippen LogP contribution in [-0.4, -0.2) is 61.8 Å². The minimum Gasteiger partial charge on any atom is -0.497 e. The largest absolute Gasteiger partial charge is 0.497 e. The van der Waals surface area contributed by atoms with Crippen LogP contribution in [0.2, 0.25) is 0 Å². The zero-order valence-electron chi connectivity index (χ0n) is 23.7. The molecule has 1 aliphatic heterocycles. The molecule has 3 aromatic rings. The van der Waals surface area contributed by atoms with E-state index < -0.39 is 35.0 Å². The van der Waals surface area contributed by atoms with Crippen molar-refractivity contribution in [1.29, 1.82) is 0 Å². The van der Waals surface area contributed by atoms with Crippen molar-refractivity contribution in [2.75, 3.05) is 45.7 Å². The minimum absolute atomic E-state index is 0.0506. The summed E-state index contributed by atoms with van der Waals surface area (Å²) >= 11 is 0. The van der Waals surface area contributed by atoms with Gasteiger partial charge in [-0.1, -0.05) is 0 Å². The Labute approximate surface area is 237 Å². The van der Waals surface area contributed by atoms with Crippen LogP contribution in [0.1, 0.15) is 55.8 Å². The summed E-state index contributed by atoms with van der Waals surface area (Å²) in [5, 5.41) is 10.4. The van der Waals surface area contributed by atoms with Crippen LogP contribution < -0.4 is 9.64 Å². The van der Waals surface area contributed by atoms with Crippen molar-refractivity contribution < 1.29 is 32.2 Å². The molecule has 0 saturated carbocycles. The number of halogens is 4. The number of benzene rings is 2. The first-order valence-corrected chi connectivity index (χ1v) is 13.9. The molecule has 6 nitrogen and oxygen atoms in total. The third-order valence-electron chi connectivity index (χ3n) is 8.27. The van der Waals surface area contributed by atoms with Crippen LogP contribution in [0.5, 0.6) is 5.75 Å². The number of hydrogen-bond acceptors (Lipinski definition) is 5. The molecule has 10 heteroatoms. The van der Waals surface area contributed by atoms with Gasteiger partial charge in [-0.25, -0.2) is 17.6 Å². The van der Waals surface area contributed by atoms with E-state index >= 15 is 4.39 Å². The van der Waals surface area contributed by atoms with Gasteiger partial charge in [-0.2, -0.15) is 0 Å². The van der Waals surface area contributed by atoms with Crippen LogP contribution in [-0.2, 0) is 11.2 Å². The number of rotatable bonds is 12. The van der Waals surface area contributed by atoms with Crippen molar-refractivity contribution in [3.63, 3.8) is 0 Å². The number of nitrogens with zero attached hydrogens (tertiary/aromatic N) is 3. The monoisotopic (exact) mass is 575 g/mol. The lowest BCUT2D eigenvalue weighted by Crippen LogP contribution is -2.41. The summed E-state index contributed by atoms with van der Waals surface area (Å²) in [6.45, 7) is 1.79. The molecule has 1 atom stereocenters. The first kappa shape index (κ1) is 30.6. The molecule has 0 radical (unpaired) electrons. The van der Waals surface area contributed by atoms with Gasteiger partial charge in [0.2, 0.25) is 0 Å². The SMILES string of the molecule is COc1ccc2ncc(N(C)C)c([C@@H](F)CCC3(CC(=O)O)CCN(CCCc4c(F)cc(F)cc4F)CC3)c2c1. The number of fused-ring (bicyclic) bond motifs is 1. The number of carbonyl (C=O) groups is 1. The minimum atomic E-state index is -1.34. The summed E-state index contributed by atoms with van der Waals surface area (Å²) in [4.78, 5) is 20.3. The number of aliphatic carboxylic acids is 1. The van der Waals surface area contributed by atoms with E-state index in [2.05, 4.69) is 9.88 Å². The number of pyridine rings is 1. The Balaban J connectivity index is 1.43. The van der Waals surface area contributed by atoms with Gasteiger partial charge in [-0.15, -0.1) is 0 Å². The van der Waals surface area contributed by atoms with Gasteiger partial charge in [-0.05, 0) is 81.8 Å². The molecule has 0 aliphatic carbocycles. The van der Waals surface area contributed by atoms with E-state index in [0.717, 1.165) is 0 Å². The normalized spacial score (nSPS) is 16.1. The Morgan fingerprint density at radius 1 is 1.15 bits per heavy atom. The lowest BCUT2D eigenvalue weighted by atomic mass is 9.71. The summed E-state index contributed by atoms with van der Waals surface area (Å²) in [6.07, 6.45) is 2.61. The summed E-state index contributed by atoms with van der Waals surface area (Å²) < 4.78 is 62.6. The number of alkyl halides is 1. The highest BCUT2D eigenvalue weighted by Crippen LogP contribution is 2.44. The number of carboxylic acids is 1. The molecule has 1 N–H and O–H groups in total. The molecule has 4 rings (SSSR count). The Hall–Kier alpha value is -3.40. The molecule has 1 aromatic heterocycles. The first-order valence-electron chi connectivity index (χ1n) is 13.9. The van der Waals surface area contributed by atoms with Crippen molar-refractivity contribution in [2.45, 2.75) is 51.1 Å². The standard InChI is InChI=1S/C31H37F4N3O3/c1-37(2)28-19-36-27-7-6-21(41-3)17-23(27)30(28)24(33)8-9-31(18-29(39)40)10-13-38(14-11-31)12-4-5-22-25(34)15-20(32)16-26(22)35/h6-7,15-17,19,24H,4-5,8-14,18H2,1-3H3,(H,39,40)/t24-/m0/s1. The van der Waals surface area contributed by atoms with Gasteiger partial charge in [0.25, 0.3) is 0 Å². The van der Waals surface area contributed by atoms with Crippen molar-refractivity contribution in [3.05, 3.63) is 65.1 Å². The number of aromatic nitrogens is 1. The number of carboxylic acid groups (broad SMARTS) is 1. The summed E-state index contributed by atoms with van der Waals surface area (Å²) in [6, 6.07) is 6.73. The number of ether oxygens (including phenoxy) is 1. The van der Waals surface area contributed by atoms with Crippen LogP contribution in [0.25, 0.3) is 10.9 Å². The molecule has 2 heterocycles. The molecule has 0 spiro atoms. The van der Waals surface area contributed by atoms with Crippen LogP contribution in [0.3, 0.4) is 0 Å². The van der Waals surface area contributed by atoms with Crippen molar-refractivity contribution in [3.8, 4) is 5.75 Å². The van der Waals surface area contributed by atoms with Gasteiger partial charge in [0, 0.05) is 42.7 Å². The molecule has 222 valence electrons. The Kier molecular flexibility index (Phi) is 9.73. The fourth-order valence-electron chi connectivity index (χ4n) is 5.95. The molecule has 0 unspecified atom stereocenters. The van der Waals surface area contributed by atoms with Gasteiger partial charge in [0.1, 0.15) is 29.4 Å². The summed E-state index contributed by atoms with van der Waals surface area (Å²) in [5.41, 5.74) is 1.15. The van der Waals surface area contributed by atoms with E-state index in [9.17, 15) is 23.1 Å². The van der Waals surface area contributed by atoms with E-state index in [4.69, 9.17) is 4.74 Å². The second kappa shape index (κ2) is 13.1. The van der Waals surface area contributed by atoms with E-state index in [-0.39, 0.29) is 24.8 Å². The molecular weight excluding hydrogens is 538 g/mol. The highest BCUT2D eigenvalue weighted by Gasteiger charge is 2.37. The van der Waals surface area contributed by atoms with Gasteiger partial charge in [0.05, 0.1) is 30.9 Å². The molecule has 1 aliphatic rings. The number of anilines is 1. The first-order chi connectivity index (χ1) is 19.5. The van der Waals surface area contributed by atoms with E-state index in [0.29, 0.717) is 85.4 Å². The topological polar surface area (TPSA) is 65.9 Å². The maximum absolute atomic E-state index is 16.1. The fraction of sp³-hybridized carbons (Fsp3) is 0.484. The third-order valence-corrected chi connectivity index (χ3v) is 8.27. The summed E-state index contributed by atoms with van der Waals surface area (Å²) in [7, 11) is 5.22. The predicted molar refractivity (Wildman–Crippen MR) is 151 cm³/mol. The quantitative estimate of drug-likeness (QED) is 0.242. The molecular formula is C31H37F4N3O3. The molecule has 1 saturated heterocycles. The van der Waals surface area contributed by atoms with Gasteiger partial charge < -0.3 is 19.6 Å². The van der Waals surface area contributed by atoms with E-state index in [1.165, 1.54) is 0 Å². The Bertz CT molecular complexity index is 1350. The van der Waals surface area contributed by atoms with Gasteiger partial charge in [0.15, 0.2) is 0 Å². The number of piperidine rings is 1. The number of likely N-dealkylation sites (tertiary alicyclic amines) is 1. The maximum atomic E-state index is 16.1. The zero-order chi connectivity index (χ0) is 29.7. The second-order valence-corrected chi connectivity index (χ2v) is 11.2. The van der Waals surface area contributed by atoms with Crippen molar-refractivity contribution >= 4 is 22.6 Å². The smallest absolute Gasteiger partial charge is 0.303 e. The van der Waals surface area contributed by atoms with Gasteiger partial charge >= 0.3 is 5.97 Å². The molecule has 41 heavy (non-hydrogen) atoms. The van der Waals surface area contributed by atoms with Gasteiger partial charge in [-0.3, -0.25) is 9.78 Å². The van der Waals surface area contributed by atoms with Crippen molar-refractivity contribution in [1.82, 2.24) is 9.88 Å². The highest BCUT2D eigenvalue weighted by atomic mass is 19.1. The molecule has 1 fully saturated rings. The van der Waals surface area contributed by atoms with E-state index in [1.54, 1.807) is 31.5 Å².